The van der Waals surface area contributed by atoms with Gasteiger partial charge >= 0.3 is 0 Å². The molecule has 25 heavy (non-hydrogen) atoms. The fourth-order valence-corrected chi connectivity index (χ4v) is 3.16. The number of hydrogen-bond acceptors (Lipinski definition) is 3. The molecule has 0 aromatic carbocycles. The zero-order valence-electron chi connectivity index (χ0n) is 17.3. The minimum atomic E-state index is 0.0615. The fraction of sp³-hybridized carbons (Fsp3) is 0.952. The van der Waals surface area contributed by atoms with Crippen LogP contribution in [0.1, 0.15) is 90.4 Å². The van der Waals surface area contributed by atoms with E-state index in [0.29, 0.717) is 13.0 Å². The molecule has 0 fully saturated rings. The van der Waals surface area contributed by atoms with Gasteiger partial charge < -0.3 is 14.9 Å². The normalized spacial score (nSPS) is 11.2. The first kappa shape index (κ1) is 24.4. The van der Waals surface area contributed by atoms with Crippen LogP contribution in [0.2, 0.25) is 0 Å². The lowest BCUT2D eigenvalue weighted by molar-refractivity contribution is -0.132. The SMILES string of the molecule is CCCCCCCCCCCCCC(=O)N(CCO)CCCN(C)C. The molecule has 0 unspecified atom stereocenters. The molecule has 0 bridgehead atoms. The number of nitrogens with zero attached hydrogens (tertiary/aromatic N) is 2. The Morgan fingerprint density at radius 3 is 1.72 bits per heavy atom. The molecule has 0 saturated carbocycles. The largest absolute Gasteiger partial charge is 0.395 e. The third kappa shape index (κ3) is 16.6. The first-order chi connectivity index (χ1) is 12.1. The van der Waals surface area contributed by atoms with Crippen LogP contribution in [0.15, 0.2) is 0 Å². The summed E-state index contributed by atoms with van der Waals surface area (Å²) in [4.78, 5) is 16.2. The lowest BCUT2D eigenvalue weighted by atomic mass is 10.1. The number of carbonyl (C=O) groups excluding carboxylic acids is 1. The Morgan fingerprint density at radius 1 is 0.720 bits per heavy atom. The zero-order chi connectivity index (χ0) is 18.8. The fourth-order valence-electron chi connectivity index (χ4n) is 3.16. The van der Waals surface area contributed by atoms with E-state index in [1.54, 1.807) is 0 Å². The Hall–Kier alpha value is -0.610. The number of rotatable bonds is 18. The first-order valence-electron chi connectivity index (χ1n) is 10.6. The number of aliphatic hydroxyl groups is 1. The maximum atomic E-state index is 12.3. The van der Waals surface area contributed by atoms with Gasteiger partial charge in [-0.1, -0.05) is 71.1 Å². The van der Waals surface area contributed by atoms with Crippen LogP contribution in [-0.4, -0.2) is 61.2 Å². The minimum absolute atomic E-state index is 0.0615. The van der Waals surface area contributed by atoms with Crippen LogP contribution >= 0.6 is 0 Å². The summed E-state index contributed by atoms with van der Waals surface area (Å²) in [6.45, 7) is 4.54. The molecule has 4 nitrogen and oxygen atoms in total. The molecule has 0 aliphatic rings. The predicted octanol–water partition coefficient (Wildman–Crippen LogP) is 4.46. The summed E-state index contributed by atoms with van der Waals surface area (Å²) in [6, 6.07) is 0. The van der Waals surface area contributed by atoms with E-state index < -0.39 is 0 Å². The van der Waals surface area contributed by atoms with Gasteiger partial charge in [-0.15, -0.1) is 0 Å². The lowest BCUT2D eigenvalue weighted by Gasteiger charge is -2.22. The van der Waals surface area contributed by atoms with E-state index in [1.807, 2.05) is 19.0 Å². The van der Waals surface area contributed by atoms with Crippen LogP contribution in [-0.2, 0) is 4.79 Å². The van der Waals surface area contributed by atoms with Crippen molar-refractivity contribution in [2.75, 3.05) is 40.3 Å². The molecule has 4 heteroatoms. The van der Waals surface area contributed by atoms with E-state index in [2.05, 4.69) is 11.8 Å². The van der Waals surface area contributed by atoms with Crippen molar-refractivity contribution in [3.63, 3.8) is 0 Å². The summed E-state index contributed by atoms with van der Waals surface area (Å²) in [5, 5.41) is 9.15. The Balaban J connectivity index is 3.58. The summed E-state index contributed by atoms with van der Waals surface area (Å²) in [7, 11) is 4.09. The predicted molar refractivity (Wildman–Crippen MR) is 108 cm³/mol. The van der Waals surface area contributed by atoms with Crippen molar-refractivity contribution in [2.24, 2.45) is 0 Å². The Morgan fingerprint density at radius 2 is 1.24 bits per heavy atom. The zero-order valence-corrected chi connectivity index (χ0v) is 17.3. The Kier molecular flexibility index (Phi) is 17.7. The molecule has 0 heterocycles. The van der Waals surface area contributed by atoms with Crippen molar-refractivity contribution >= 4 is 5.91 Å². The molecular weight excluding hydrogens is 312 g/mol. The van der Waals surface area contributed by atoms with E-state index in [1.165, 1.54) is 57.8 Å². The minimum Gasteiger partial charge on any atom is -0.395 e. The number of unbranched alkanes of at least 4 members (excludes halogenated alkanes) is 10. The summed E-state index contributed by atoms with van der Waals surface area (Å²) in [6.07, 6.45) is 15.9. The molecular formula is C21H44N2O2. The highest BCUT2D eigenvalue weighted by molar-refractivity contribution is 5.76. The second-order valence-corrected chi connectivity index (χ2v) is 7.55. The average molecular weight is 357 g/mol. The van der Waals surface area contributed by atoms with Gasteiger partial charge in [0.25, 0.3) is 0 Å². The highest BCUT2D eigenvalue weighted by Crippen LogP contribution is 2.12. The van der Waals surface area contributed by atoms with Crippen molar-refractivity contribution in [1.82, 2.24) is 9.80 Å². The molecule has 0 aliphatic carbocycles. The molecule has 0 aliphatic heterocycles. The van der Waals surface area contributed by atoms with Gasteiger partial charge in [0.15, 0.2) is 0 Å². The third-order valence-electron chi connectivity index (χ3n) is 4.75. The molecule has 1 N–H and O–H groups in total. The van der Waals surface area contributed by atoms with Gasteiger partial charge in [-0.2, -0.15) is 0 Å². The van der Waals surface area contributed by atoms with E-state index in [0.717, 1.165) is 32.4 Å². The van der Waals surface area contributed by atoms with Crippen molar-refractivity contribution in [3.8, 4) is 0 Å². The first-order valence-corrected chi connectivity index (χ1v) is 10.6. The van der Waals surface area contributed by atoms with Crippen LogP contribution in [0.25, 0.3) is 0 Å². The number of hydrogen-bond donors (Lipinski definition) is 1. The van der Waals surface area contributed by atoms with Crippen molar-refractivity contribution in [3.05, 3.63) is 0 Å². The van der Waals surface area contributed by atoms with Crippen molar-refractivity contribution in [2.45, 2.75) is 90.4 Å². The summed E-state index contributed by atoms with van der Waals surface area (Å²) in [5.74, 6) is 0.212. The average Bonchev–Trinajstić information content (AvgIpc) is 2.58. The second-order valence-electron chi connectivity index (χ2n) is 7.55. The molecule has 0 aromatic rings. The monoisotopic (exact) mass is 356 g/mol. The van der Waals surface area contributed by atoms with Gasteiger partial charge in [0.05, 0.1) is 6.61 Å². The highest BCUT2D eigenvalue weighted by atomic mass is 16.3. The molecule has 0 radical (unpaired) electrons. The molecule has 0 saturated heterocycles. The third-order valence-corrected chi connectivity index (χ3v) is 4.75. The van der Waals surface area contributed by atoms with Crippen molar-refractivity contribution < 1.29 is 9.90 Å². The number of amides is 1. The smallest absolute Gasteiger partial charge is 0.222 e. The molecule has 0 aromatic heterocycles. The van der Waals surface area contributed by atoms with Crippen molar-refractivity contribution in [1.29, 1.82) is 0 Å². The van der Waals surface area contributed by atoms with Gasteiger partial charge in [-0.3, -0.25) is 4.79 Å². The molecule has 0 atom stereocenters. The number of carbonyl (C=O) groups is 1. The topological polar surface area (TPSA) is 43.8 Å². The van der Waals surface area contributed by atoms with Crippen LogP contribution in [0, 0.1) is 0 Å². The van der Waals surface area contributed by atoms with Crippen LogP contribution in [0.4, 0.5) is 0 Å². The second kappa shape index (κ2) is 18.2. The van der Waals surface area contributed by atoms with Crippen LogP contribution < -0.4 is 0 Å². The summed E-state index contributed by atoms with van der Waals surface area (Å²) >= 11 is 0. The Bertz CT molecular complexity index is 296. The maximum absolute atomic E-state index is 12.3. The van der Waals surface area contributed by atoms with E-state index >= 15 is 0 Å². The van der Waals surface area contributed by atoms with Gasteiger partial charge in [0.2, 0.25) is 5.91 Å². The maximum Gasteiger partial charge on any atom is 0.222 e. The molecule has 0 spiro atoms. The van der Waals surface area contributed by atoms with Gasteiger partial charge in [0, 0.05) is 19.5 Å². The van der Waals surface area contributed by atoms with Gasteiger partial charge in [-0.25, -0.2) is 0 Å². The van der Waals surface area contributed by atoms with Crippen LogP contribution in [0.3, 0.4) is 0 Å². The quantitative estimate of drug-likeness (QED) is 0.369. The van der Waals surface area contributed by atoms with E-state index in [9.17, 15) is 4.79 Å². The Labute approximate surface area is 157 Å². The molecule has 0 rings (SSSR count). The van der Waals surface area contributed by atoms with Gasteiger partial charge in [0.1, 0.15) is 0 Å². The summed E-state index contributed by atoms with van der Waals surface area (Å²) < 4.78 is 0. The van der Waals surface area contributed by atoms with E-state index in [-0.39, 0.29) is 12.5 Å². The number of aliphatic hydroxyl groups excluding tert-OH is 1. The van der Waals surface area contributed by atoms with Crippen LogP contribution in [0.5, 0.6) is 0 Å². The molecule has 150 valence electrons. The van der Waals surface area contributed by atoms with E-state index in [4.69, 9.17) is 5.11 Å². The summed E-state index contributed by atoms with van der Waals surface area (Å²) in [5.41, 5.74) is 0. The van der Waals surface area contributed by atoms with Gasteiger partial charge in [-0.05, 0) is 33.5 Å². The molecule has 1 amide bonds. The lowest BCUT2D eigenvalue weighted by Crippen LogP contribution is -2.35. The standard InChI is InChI=1S/C21H44N2O2/c1-4-5-6-7-8-9-10-11-12-13-14-16-21(25)23(19-20-24)18-15-17-22(2)3/h24H,4-20H2,1-3H3. The highest BCUT2D eigenvalue weighted by Gasteiger charge is 2.12.